The summed E-state index contributed by atoms with van der Waals surface area (Å²) in [6, 6.07) is 3.35. The first kappa shape index (κ1) is 16.4. The van der Waals surface area contributed by atoms with Gasteiger partial charge in [0.05, 0.1) is 18.0 Å². The number of amides is 1. The number of carbonyl (C=O) groups excluding carboxylic acids is 1. The molecule has 0 unspecified atom stereocenters. The Morgan fingerprint density at radius 3 is 2.83 bits per heavy atom. The number of aromatic nitrogens is 4. The number of fused-ring (bicyclic) bond motifs is 1. The molecule has 0 fully saturated rings. The van der Waals surface area contributed by atoms with Gasteiger partial charge in [-0.3, -0.25) is 9.78 Å². The second-order valence-corrected chi connectivity index (χ2v) is 5.79. The molecule has 1 amide bonds. The smallest absolute Gasteiger partial charge is 0.345 e. The molecule has 1 atom stereocenters. The molecule has 0 spiro atoms. The Labute approximate surface area is 136 Å². The van der Waals surface area contributed by atoms with E-state index in [1.54, 1.807) is 19.1 Å². The molecule has 0 saturated heterocycles. The third-order valence-electron chi connectivity index (χ3n) is 4.07. The number of hydrogen-bond donors (Lipinski definition) is 1. The zero-order valence-electron chi connectivity index (χ0n) is 13.0. The van der Waals surface area contributed by atoms with Gasteiger partial charge in [-0.2, -0.15) is 13.2 Å². The third-order valence-corrected chi connectivity index (χ3v) is 4.07. The first-order chi connectivity index (χ1) is 11.3. The topological polar surface area (TPSA) is 72.7 Å². The summed E-state index contributed by atoms with van der Waals surface area (Å²) < 4.78 is 40.2. The van der Waals surface area contributed by atoms with Gasteiger partial charge in [-0.05, 0) is 25.5 Å². The first-order valence-electron chi connectivity index (χ1n) is 7.53. The first-order valence-corrected chi connectivity index (χ1v) is 7.53. The van der Waals surface area contributed by atoms with Gasteiger partial charge >= 0.3 is 6.18 Å². The van der Waals surface area contributed by atoms with Gasteiger partial charge in [0.25, 0.3) is 5.91 Å². The SMILES string of the molecule is Cc1ccc(C(=O)NCc2nnc3n2C[C@H](C(F)(F)F)CC3)cn1. The average Bonchev–Trinajstić information content (AvgIpc) is 2.95. The lowest BCUT2D eigenvalue weighted by molar-refractivity contribution is -0.182. The quantitative estimate of drug-likeness (QED) is 0.929. The van der Waals surface area contributed by atoms with Gasteiger partial charge in [-0.1, -0.05) is 0 Å². The van der Waals surface area contributed by atoms with Gasteiger partial charge in [-0.15, -0.1) is 10.2 Å². The highest BCUT2D eigenvalue weighted by Gasteiger charge is 2.42. The van der Waals surface area contributed by atoms with E-state index in [1.807, 2.05) is 0 Å². The maximum Gasteiger partial charge on any atom is 0.393 e. The predicted molar refractivity (Wildman–Crippen MR) is 78.0 cm³/mol. The van der Waals surface area contributed by atoms with Crippen molar-refractivity contribution in [2.45, 2.75) is 39.0 Å². The maximum atomic E-state index is 12.9. The number of nitrogens with zero attached hydrogens (tertiary/aromatic N) is 4. The van der Waals surface area contributed by atoms with Crippen LogP contribution in [0.4, 0.5) is 13.2 Å². The summed E-state index contributed by atoms with van der Waals surface area (Å²) in [6.45, 7) is 1.62. The normalized spacial score (nSPS) is 17.4. The van der Waals surface area contributed by atoms with Gasteiger partial charge in [0.15, 0.2) is 5.82 Å². The summed E-state index contributed by atoms with van der Waals surface area (Å²) in [5.41, 5.74) is 1.17. The van der Waals surface area contributed by atoms with Gasteiger partial charge in [0, 0.05) is 24.9 Å². The standard InChI is InChI=1S/C15H16F3N5O/c1-9-2-3-10(6-19-9)14(24)20-7-13-22-21-12-5-4-11(8-23(12)13)15(16,17)18/h2-3,6,11H,4-5,7-8H2,1H3,(H,20,24)/t11-/m1/s1. The Morgan fingerprint density at radius 1 is 1.38 bits per heavy atom. The fourth-order valence-corrected chi connectivity index (χ4v) is 2.64. The minimum Gasteiger partial charge on any atom is -0.345 e. The summed E-state index contributed by atoms with van der Waals surface area (Å²) in [6.07, 6.45) is -2.55. The zero-order chi connectivity index (χ0) is 17.3. The van der Waals surface area contributed by atoms with Crippen LogP contribution in [0.5, 0.6) is 0 Å². The maximum absolute atomic E-state index is 12.9. The summed E-state index contributed by atoms with van der Waals surface area (Å²) in [4.78, 5) is 16.1. The fourth-order valence-electron chi connectivity index (χ4n) is 2.64. The highest BCUT2D eigenvalue weighted by atomic mass is 19.4. The van der Waals surface area contributed by atoms with Crippen molar-refractivity contribution >= 4 is 5.91 Å². The minimum absolute atomic E-state index is 0.0169. The van der Waals surface area contributed by atoms with E-state index in [0.717, 1.165) is 5.69 Å². The Morgan fingerprint density at radius 2 is 2.17 bits per heavy atom. The predicted octanol–water partition coefficient (Wildman–Crippen LogP) is 2.04. The molecular weight excluding hydrogens is 323 g/mol. The summed E-state index contributed by atoms with van der Waals surface area (Å²) >= 11 is 0. The molecule has 0 radical (unpaired) electrons. The molecule has 0 aliphatic carbocycles. The van der Waals surface area contributed by atoms with Gasteiger partial charge in [0.1, 0.15) is 5.82 Å². The molecule has 128 valence electrons. The van der Waals surface area contributed by atoms with Crippen molar-refractivity contribution in [1.82, 2.24) is 25.1 Å². The molecule has 24 heavy (non-hydrogen) atoms. The lowest BCUT2D eigenvalue weighted by Crippen LogP contribution is -2.34. The second kappa shape index (κ2) is 6.21. The Balaban J connectivity index is 1.68. The van der Waals surface area contributed by atoms with E-state index in [1.165, 1.54) is 10.8 Å². The molecule has 3 rings (SSSR count). The highest BCUT2D eigenvalue weighted by molar-refractivity contribution is 5.93. The third kappa shape index (κ3) is 3.39. The lowest BCUT2D eigenvalue weighted by atomic mass is 9.99. The highest BCUT2D eigenvalue weighted by Crippen LogP contribution is 2.34. The van der Waals surface area contributed by atoms with E-state index >= 15 is 0 Å². The Kier molecular flexibility index (Phi) is 4.25. The molecule has 2 aromatic rings. The number of hydrogen-bond acceptors (Lipinski definition) is 4. The Bertz CT molecular complexity index is 739. The van der Waals surface area contributed by atoms with Crippen molar-refractivity contribution in [3.63, 3.8) is 0 Å². The van der Waals surface area contributed by atoms with Crippen LogP contribution < -0.4 is 5.32 Å². The van der Waals surface area contributed by atoms with Crippen LogP contribution in [0, 0.1) is 12.8 Å². The molecule has 1 aliphatic rings. The van der Waals surface area contributed by atoms with Crippen molar-refractivity contribution in [2.75, 3.05) is 0 Å². The van der Waals surface area contributed by atoms with Crippen LogP contribution in [-0.2, 0) is 19.5 Å². The molecule has 1 aliphatic heterocycles. The largest absolute Gasteiger partial charge is 0.393 e. The minimum atomic E-state index is -4.24. The van der Waals surface area contributed by atoms with Crippen LogP contribution in [0.25, 0.3) is 0 Å². The van der Waals surface area contributed by atoms with Crippen LogP contribution in [0.15, 0.2) is 18.3 Å². The van der Waals surface area contributed by atoms with Crippen molar-refractivity contribution in [2.24, 2.45) is 5.92 Å². The molecule has 0 aromatic carbocycles. The van der Waals surface area contributed by atoms with Crippen molar-refractivity contribution < 1.29 is 18.0 Å². The number of nitrogens with one attached hydrogen (secondary N) is 1. The van der Waals surface area contributed by atoms with E-state index in [9.17, 15) is 18.0 Å². The molecule has 2 aromatic heterocycles. The number of carbonyl (C=O) groups is 1. The van der Waals surface area contributed by atoms with Crippen LogP contribution in [-0.4, -0.2) is 31.8 Å². The molecule has 9 heteroatoms. The van der Waals surface area contributed by atoms with Crippen LogP contribution >= 0.6 is 0 Å². The number of rotatable bonds is 3. The fraction of sp³-hybridized carbons (Fsp3) is 0.467. The van der Waals surface area contributed by atoms with E-state index in [4.69, 9.17) is 0 Å². The molecule has 0 bridgehead atoms. The lowest BCUT2D eigenvalue weighted by Gasteiger charge is -2.26. The van der Waals surface area contributed by atoms with Crippen molar-refractivity contribution in [3.05, 3.63) is 41.2 Å². The van der Waals surface area contributed by atoms with Gasteiger partial charge in [0.2, 0.25) is 0 Å². The number of pyridine rings is 1. The molecule has 1 N–H and O–H groups in total. The van der Waals surface area contributed by atoms with E-state index < -0.39 is 12.1 Å². The summed E-state index contributed by atoms with van der Waals surface area (Å²) in [5, 5.41) is 10.5. The van der Waals surface area contributed by atoms with Crippen LogP contribution in [0.2, 0.25) is 0 Å². The summed E-state index contributed by atoms with van der Waals surface area (Å²) in [7, 11) is 0. The van der Waals surface area contributed by atoms with Crippen molar-refractivity contribution in [3.8, 4) is 0 Å². The number of aryl methyl sites for hydroxylation is 2. The van der Waals surface area contributed by atoms with Gasteiger partial charge < -0.3 is 9.88 Å². The number of halogens is 3. The molecule has 3 heterocycles. The van der Waals surface area contributed by atoms with Gasteiger partial charge in [-0.25, -0.2) is 0 Å². The average molecular weight is 339 g/mol. The Hall–Kier alpha value is -2.45. The molecular formula is C15H16F3N5O. The van der Waals surface area contributed by atoms with E-state index in [0.29, 0.717) is 17.2 Å². The summed E-state index contributed by atoms with van der Waals surface area (Å²) in [5.74, 6) is -0.913. The monoisotopic (exact) mass is 339 g/mol. The van der Waals surface area contributed by atoms with E-state index in [-0.39, 0.29) is 31.8 Å². The van der Waals surface area contributed by atoms with Crippen molar-refractivity contribution in [1.29, 1.82) is 0 Å². The van der Waals surface area contributed by atoms with Crippen LogP contribution in [0.3, 0.4) is 0 Å². The molecule has 0 saturated carbocycles. The zero-order valence-corrected chi connectivity index (χ0v) is 13.0. The number of alkyl halides is 3. The second-order valence-electron chi connectivity index (χ2n) is 5.79. The van der Waals surface area contributed by atoms with E-state index in [2.05, 4.69) is 20.5 Å². The van der Waals surface area contributed by atoms with Crippen LogP contribution in [0.1, 0.15) is 34.1 Å². The molecule has 6 nitrogen and oxygen atoms in total.